The number of aromatic nitrogens is 2. The number of piperazine rings is 1. The lowest BCUT2D eigenvalue weighted by atomic mass is 10.2. The maximum Gasteiger partial charge on any atom is 0.433 e. The highest BCUT2D eigenvalue weighted by atomic mass is 19.4. The molecule has 8 nitrogen and oxygen atoms in total. The topological polar surface area (TPSA) is 78.6 Å². The summed E-state index contributed by atoms with van der Waals surface area (Å²) in [6, 6.07) is 7.37. The molecule has 1 aromatic carbocycles. The van der Waals surface area contributed by atoms with Crippen LogP contribution in [0.4, 0.5) is 30.6 Å². The normalized spacial score (nSPS) is 15.4. The Hall–Kier alpha value is -2.95. The molecule has 0 saturated carbocycles. The number of alkyl halides is 3. The summed E-state index contributed by atoms with van der Waals surface area (Å²) in [6.07, 6.45) is -4.55. The highest BCUT2D eigenvalue weighted by molar-refractivity contribution is 5.46. The highest BCUT2D eigenvalue weighted by Crippen LogP contribution is 2.31. The van der Waals surface area contributed by atoms with Gasteiger partial charge in [0, 0.05) is 65.0 Å². The molecule has 29 heavy (non-hydrogen) atoms. The SMILES string of the molecule is CN(C)c1cc(C(F)(F)F)nc(N2CCN(Cc3cccc([N+](=O)[O-])c3)CC2)n1. The van der Waals surface area contributed by atoms with Gasteiger partial charge in [-0.25, -0.2) is 4.98 Å². The third kappa shape index (κ3) is 5.11. The predicted octanol–water partition coefficient (Wildman–Crippen LogP) is 2.79. The number of non-ortho nitro benzene ring substituents is 1. The molecule has 1 aliphatic rings. The second-order valence-electron chi connectivity index (χ2n) is 6.99. The van der Waals surface area contributed by atoms with E-state index in [2.05, 4.69) is 14.9 Å². The van der Waals surface area contributed by atoms with Crippen LogP contribution in [0.15, 0.2) is 30.3 Å². The molecule has 0 N–H and O–H groups in total. The fourth-order valence-electron chi connectivity index (χ4n) is 3.07. The van der Waals surface area contributed by atoms with Crippen LogP contribution in [0.5, 0.6) is 0 Å². The first-order chi connectivity index (χ1) is 13.6. The summed E-state index contributed by atoms with van der Waals surface area (Å²) in [6.45, 7) is 2.62. The van der Waals surface area contributed by atoms with E-state index in [4.69, 9.17) is 0 Å². The van der Waals surface area contributed by atoms with Gasteiger partial charge >= 0.3 is 6.18 Å². The molecule has 2 heterocycles. The standard InChI is InChI=1S/C18H21F3N6O2/c1-24(2)16-11-15(18(19,20)21)22-17(23-16)26-8-6-25(7-9-26)12-13-4-3-5-14(10-13)27(28)29/h3-5,10-11H,6-9,12H2,1-2H3. The van der Waals surface area contributed by atoms with Gasteiger partial charge in [-0.1, -0.05) is 12.1 Å². The number of benzene rings is 1. The van der Waals surface area contributed by atoms with Crippen molar-refractivity contribution in [1.82, 2.24) is 14.9 Å². The Morgan fingerprint density at radius 2 is 1.83 bits per heavy atom. The van der Waals surface area contributed by atoms with Crippen LogP contribution in [0.25, 0.3) is 0 Å². The predicted molar refractivity (Wildman–Crippen MR) is 102 cm³/mol. The zero-order valence-electron chi connectivity index (χ0n) is 16.1. The molecule has 0 aliphatic carbocycles. The second-order valence-corrected chi connectivity index (χ2v) is 6.99. The van der Waals surface area contributed by atoms with Gasteiger partial charge in [0.05, 0.1) is 4.92 Å². The smallest absolute Gasteiger partial charge is 0.363 e. The van der Waals surface area contributed by atoms with E-state index in [-0.39, 0.29) is 17.5 Å². The van der Waals surface area contributed by atoms with Gasteiger partial charge < -0.3 is 9.80 Å². The van der Waals surface area contributed by atoms with E-state index in [1.807, 2.05) is 6.07 Å². The molecular weight excluding hydrogens is 389 g/mol. The Balaban J connectivity index is 1.70. The minimum absolute atomic E-state index is 0.0368. The summed E-state index contributed by atoms with van der Waals surface area (Å²) < 4.78 is 39.6. The molecule has 0 amide bonds. The third-order valence-corrected chi connectivity index (χ3v) is 4.63. The lowest BCUT2D eigenvalue weighted by Gasteiger charge is -2.35. The molecule has 0 atom stereocenters. The fourth-order valence-corrected chi connectivity index (χ4v) is 3.07. The van der Waals surface area contributed by atoms with Gasteiger partial charge in [-0.05, 0) is 5.56 Å². The number of hydrogen-bond acceptors (Lipinski definition) is 7. The largest absolute Gasteiger partial charge is 0.433 e. The first-order valence-corrected chi connectivity index (χ1v) is 8.98. The molecule has 1 saturated heterocycles. The Morgan fingerprint density at radius 3 is 2.41 bits per heavy atom. The van der Waals surface area contributed by atoms with Crippen molar-refractivity contribution < 1.29 is 18.1 Å². The van der Waals surface area contributed by atoms with Crippen molar-refractivity contribution in [2.24, 2.45) is 0 Å². The van der Waals surface area contributed by atoms with Crippen LogP contribution in [0.2, 0.25) is 0 Å². The van der Waals surface area contributed by atoms with E-state index >= 15 is 0 Å². The molecule has 0 radical (unpaired) electrons. The molecular formula is C18H21F3N6O2. The van der Waals surface area contributed by atoms with E-state index in [1.54, 1.807) is 25.1 Å². The van der Waals surface area contributed by atoms with Crippen LogP contribution in [-0.2, 0) is 12.7 Å². The van der Waals surface area contributed by atoms with E-state index in [0.29, 0.717) is 32.7 Å². The van der Waals surface area contributed by atoms with Gasteiger partial charge in [0.25, 0.3) is 5.69 Å². The molecule has 0 bridgehead atoms. The van der Waals surface area contributed by atoms with Crippen LogP contribution in [-0.4, -0.2) is 60.1 Å². The summed E-state index contributed by atoms with van der Waals surface area (Å²) >= 11 is 0. The van der Waals surface area contributed by atoms with Crippen molar-refractivity contribution in [3.63, 3.8) is 0 Å². The number of nitrogens with zero attached hydrogens (tertiary/aromatic N) is 6. The van der Waals surface area contributed by atoms with Crippen molar-refractivity contribution >= 4 is 17.5 Å². The Morgan fingerprint density at radius 1 is 1.14 bits per heavy atom. The average Bonchev–Trinajstić information content (AvgIpc) is 2.67. The Bertz CT molecular complexity index is 882. The highest BCUT2D eigenvalue weighted by Gasteiger charge is 2.34. The van der Waals surface area contributed by atoms with Gasteiger partial charge in [0.15, 0.2) is 5.69 Å². The van der Waals surface area contributed by atoms with Crippen molar-refractivity contribution in [3.8, 4) is 0 Å². The first-order valence-electron chi connectivity index (χ1n) is 8.98. The summed E-state index contributed by atoms with van der Waals surface area (Å²) in [5, 5.41) is 10.9. The third-order valence-electron chi connectivity index (χ3n) is 4.63. The van der Waals surface area contributed by atoms with Gasteiger partial charge in [-0.2, -0.15) is 18.2 Å². The lowest BCUT2D eigenvalue weighted by Crippen LogP contribution is -2.46. The van der Waals surface area contributed by atoms with Gasteiger partial charge in [-0.3, -0.25) is 15.0 Å². The number of rotatable bonds is 5. The number of nitro groups is 1. The van der Waals surface area contributed by atoms with E-state index < -0.39 is 16.8 Å². The summed E-state index contributed by atoms with van der Waals surface area (Å²) in [5.74, 6) is 0.250. The molecule has 1 fully saturated rings. The molecule has 2 aromatic rings. The van der Waals surface area contributed by atoms with Crippen LogP contribution < -0.4 is 9.80 Å². The minimum Gasteiger partial charge on any atom is -0.363 e. The minimum atomic E-state index is -4.55. The summed E-state index contributed by atoms with van der Waals surface area (Å²) in [4.78, 5) is 23.8. The van der Waals surface area contributed by atoms with Crippen molar-refractivity contribution in [3.05, 3.63) is 51.7 Å². The van der Waals surface area contributed by atoms with Crippen LogP contribution >= 0.6 is 0 Å². The van der Waals surface area contributed by atoms with E-state index in [9.17, 15) is 23.3 Å². The maximum atomic E-state index is 13.2. The van der Waals surface area contributed by atoms with Crippen LogP contribution in [0, 0.1) is 10.1 Å². The first kappa shape index (κ1) is 20.8. The number of hydrogen-bond donors (Lipinski definition) is 0. The van der Waals surface area contributed by atoms with Crippen LogP contribution in [0.3, 0.4) is 0 Å². The molecule has 1 aromatic heterocycles. The molecule has 1 aliphatic heterocycles. The lowest BCUT2D eigenvalue weighted by molar-refractivity contribution is -0.384. The van der Waals surface area contributed by atoms with Gasteiger partial charge in [0.2, 0.25) is 5.95 Å². The summed E-state index contributed by atoms with van der Waals surface area (Å²) in [7, 11) is 3.26. The Labute approximate surface area is 165 Å². The van der Waals surface area contributed by atoms with Crippen molar-refractivity contribution in [2.75, 3.05) is 50.1 Å². The molecule has 3 rings (SSSR count). The van der Waals surface area contributed by atoms with Gasteiger partial charge in [0.1, 0.15) is 5.82 Å². The molecule has 0 unspecified atom stereocenters. The molecule has 11 heteroatoms. The summed E-state index contributed by atoms with van der Waals surface area (Å²) in [5.41, 5.74) is -0.113. The van der Waals surface area contributed by atoms with E-state index in [1.165, 1.54) is 17.0 Å². The zero-order valence-corrected chi connectivity index (χ0v) is 16.1. The number of halogens is 3. The quantitative estimate of drug-likeness (QED) is 0.554. The maximum absolute atomic E-state index is 13.2. The van der Waals surface area contributed by atoms with Gasteiger partial charge in [-0.15, -0.1) is 0 Å². The Kier molecular flexibility index (Phi) is 5.87. The fraction of sp³-hybridized carbons (Fsp3) is 0.444. The molecule has 156 valence electrons. The van der Waals surface area contributed by atoms with Crippen LogP contribution in [0.1, 0.15) is 11.3 Å². The average molecular weight is 410 g/mol. The zero-order chi connectivity index (χ0) is 21.2. The van der Waals surface area contributed by atoms with Crippen molar-refractivity contribution in [2.45, 2.75) is 12.7 Å². The second kappa shape index (κ2) is 8.19. The number of anilines is 2. The van der Waals surface area contributed by atoms with E-state index in [0.717, 1.165) is 11.6 Å². The molecule has 0 spiro atoms. The number of nitro benzene ring substituents is 1. The monoisotopic (exact) mass is 410 g/mol. The van der Waals surface area contributed by atoms with Crippen molar-refractivity contribution in [1.29, 1.82) is 0 Å².